The van der Waals surface area contributed by atoms with Crippen LogP contribution in [0.1, 0.15) is 30.9 Å². The van der Waals surface area contributed by atoms with E-state index in [0.29, 0.717) is 19.6 Å². The van der Waals surface area contributed by atoms with Crippen molar-refractivity contribution >= 4 is 6.03 Å². The number of aliphatic hydroxyl groups is 1. The molecule has 0 bridgehead atoms. The summed E-state index contributed by atoms with van der Waals surface area (Å²) in [5, 5.41) is 17.5. The maximum atomic E-state index is 12.2. The van der Waals surface area contributed by atoms with Gasteiger partial charge in [0, 0.05) is 26.2 Å². The van der Waals surface area contributed by atoms with E-state index in [0.717, 1.165) is 31.4 Å². The van der Waals surface area contributed by atoms with Crippen LogP contribution in [0.25, 0.3) is 0 Å². The molecule has 134 valence electrons. The van der Waals surface area contributed by atoms with E-state index < -0.39 is 6.10 Å². The van der Waals surface area contributed by atoms with Crippen molar-refractivity contribution in [2.45, 2.75) is 31.9 Å². The van der Waals surface area contributed by atoms with E-state index >= 15 is 0 Å². The van der Waals surface area contributed by atoms with Gasteiger partial charge in [-0.05, 0) is 30.7 Å². The van der Waals surface area contributed by atoms with Gasteiger partial charge >= 0.3 is 6.03 Å². The van der Waals surface area contributed by atoms with Gasteiger partial charge in [0.25, 0.3) is 0 Å². The van der Waals surface area contributed by atoms with Gasteiger partial charge in [0.05, 0.1) is 6.10 Å². The number of likely N-dealkylation sites (tertiary alicyclic amines) is 1. The summed E-state index contributed by atoms with van der Waals surface area (Å²) in [6.07, 6.45) is 5.19. The molecule has 0 radical (unpaired) electrons. The van der Waals surface area contributed by atoms with Crippen molar-refractivity contribution in [3.05, 3.63) is 48.5 Å². The average molecular weight is 343 g/mol. The number of rotatable bonds is 6. The molecule has 1 aliphatic rings. The first-order chi connectivity index (χ1) is 12.2. The summed E-state index contributed by atoms with van der Waals surface area (Å²) >= 11 is 0. The maximum absolute atomic E-state index is 12.2. The molecule has 1 aromatic heterocycles. The lowest BCUT2D eigenvalue weighted by molar-refractivity contribution is 0.0665. The Morgan fingerprint density at radius 2 is 2.04 bits per heavy atom. The first-order valence-electron chi connectivity index (χ1n) is 8.82. The van der Waals surface area contributed by atoms with Gasteiger partial charge in [-0.3, -0.25) is 4.68 Å². The molecular weight excluding hydrogens is 318 g/mol. The first-order valence-corrected chi connectivity index (χ1v) is 8.82. The zero-order valence-corrected chi connectivity index (χ0v) is 14.3. The van der Waals surface area contributed by atoms with Crippen molar-refractivity contribution in [2.24, 2.45) is 5.92 Å². The van der Waals surface area contributed by atoms with E-state index in [1.807, 2.05) is 35.2 Å². The molecule has 2 N–H and O–H groups in total. The van der Waals surface area contributed by atoms with Crippen LogP contribution in [0.2, 0.25) is 0 Å². The zero-order chi connectivity index (χ0) is 17.5. The number of benzene rings is 1. The summed E-state index contributed by atoms with van der Waals surface area (Å²) in [4.78, 5) is 17.9. The number of carbonyl (C=O) groups is 1. The van der Waals surface area contributed by atoms with Crippen LogP contribution in [0, 0.1) is 5.92 Å². The largest absolute Gasteiger partial charge is 0.388 e. The summed E-state index contributed by atoms with van der Waals surface area (Å²) in [6, 6.07) is 9.73. The second-order valence-corrected chi connectivity index (χ2v) is 6.42. The SMILES string of the molecule is O=C(NCCCn1cncn1)N1CCC([C@@H](O)c2ccccc2)CC1. The Labute approximate surface area is 147 Å². The quantitative estimate of drug-likeness (QED) is 0.784. The van der Waals surface area contributed by atoms with Crippen LogP contribution in [0.15, 0.2) is 43.0 Å². The molecule has 1 atom stereocenters. The van der Waals surface area contributed by atoms with Gasteiger partial charge in [0.2, 0.25) is 0 Å². The standard InChI is InChI=1S/C18H25N5O2/c24-17(15-5-2-1-3-6-15)16-7-11-22(12-8-16)18(25)20-9-4-10-23-14-19-13-21-23/h1-3,5-6,13-14,16-17,24H,4,7-12H2,(H,20,25)/t17-/m0/s1. The van der Waals surface area contributed by atoms with E-state index in [1.165, 1.54) is 6.33 Å². The highest BCUT2D eigenvalue weighted by atomic mass is 16.3. The fourth-order valence-corrected chi connectivity index (χ4v) is 3.24. The molecule has 1 saturated heterocycles. The Bertz CT molecular complexity index is 639. The molecule has 1 fully saturated rings. The third kappa shape index (κ3) is 4.79. The average Bonchev–Trinajstić information content (AvgIpc) is 3.19. The summed E-state index contributed by atoms with van der Waals surface area (Å²) in [5.74, 6) is 0.207. The normalized spacial score (nSPS) is 16.6. The third-order valence-electron chi connectivity index (χ3n) is 4.72. The van der Waals surface area contributed by atoms with Crippen LogP contribution >= 0.6 is 0 Å². The lowest BCUT2D eigenvalue weighted by Crippen LogP contribution is -2.45. The van der Waals surface area contributed by atoms with E-state index in [1.54, 1.807) is 11.0 Å². The molecule has 25 heavy (non-hydrogen) atoms. The fourth-order valence-electron chi connectivity index (χ4n) is 3.24. The Kier molecular flexibility index (Phi) is 6.00. The van der Waals surface area contributed by atoms with Crippen LogP contribution in [0.4, 0.5) is 4.79 Å². The van der Waals surface area contributed by atoms with Gasteiger partial charge < -0.3 is 15.3 Å². The van der Waals surface area contributed by atoms with Crippen LogP contribution < -0.4 is 5.32 Å². The molecule has 2 heterocycles. The van der Waals surface area contributed by atoms with Gasteiger partial charge in [0.1, 0.15) is 12.7 Å². The Hall–Kier alpha value is -2.41. The molecule has 3 rings (SSSR count). The number of urea groups is 1. The number of hydrogen-bond donors (Lipinski definition) is 2. The van der Waals surface area contributed by atoms with E-state index in [2.05, 4.69) is 15.4 Å². The van der Waals surface area contributed by atoms with Crippen molar-refractivity contribution in [1.29, 1.82) is 0 Å². The lowest BCUT2D eigenvalue weighted by atomic mass is 9.87. The Morgan fingerprint density at radius 1 is 1.28 bits per heavy atom. The molecule has 2 aromatic rings. The van der Waals surface area contributed by atoms with Crippen LogP contribution in [-0.2, 0) is 6.54 Å². The minimum atomic E-state index is -0.450. The summed E-state index contributed by atoms with van der Waals surface area (Å²) in [5.41, 5.74) is 0.957. The zero-order valence-electron chi connectivity index (χ0n) is 14.3. The van der Waals surface area contributed by atoms with Crippen molar-refractivity contribution < 1.29 is 9.90 Å². The fraction of sp³-hybridized carbons (Fsp3) is 0.500. The molecule has 1 aromatic carbocycles. The van der Waals surface area contributed by atoms with Crippen LogP contribution in [0.5, 0.6) is 0 Å². The highest BCUT2D eigenvalue weighted by Crippen LogP contribution is 2.30. The van der Waals surface area contributed by atoms with Gasteiger partial charge in [-0.15, -0.1) is 0 Å². The van der Waals surface area contributed by atoms with E-state index in [4.69, 9.17) is 0 Å². The van der Waals surface area contributed by atoms with Crippen molar-refractivity contribution in [2.75, 3.05) is 19.6 Å². The molecule has 0 unspecified atom stereocenters. The van der Waals surface area contributed by atoms with Crippen molar-refractivity contribution in [1.82, 2.24) is 25.0 Å². The maximum Gasteiger partial charge on any atom is 0.317 e. The smallest absolute Gasteiger partial charge is 0.317 e. The molecular formula is C18H25N5O2. The number of nitrogens with zero attached hydrogens (tertiary/aromatic N) is 4. The van der Waals surface area contributed by atoms with Gasteiger partial charge in [-0.25, -0.2) is 9.78 Å². The monoisotopic (exact) mass is 343 g/mol. The summed E-state index contributed by atoms with van der Waals surface area (Å²) < 4.78 is 1.75. The summed E-state index contributed by atoms with van der Waals surface area (Å²) in [7, 11) is 0. The number of hydrogen-bond acceptors (Lipinski definition) is 4. The predicted molar refractivity (Wildman–Crippen MR) is 93.7 cm³/mol. The molecule has 0 aliphatic carbocycles. The summed E-state index contributed by atoms with van der Waals surface area (Å²) in [6.45, 7) is 2.73. The highest BCUT2D eigenvalue weighted by molar-refractivity contribution is 5.74. The van der Waals surface area contributed by atoms with Gasteiger partial charge in [-0.1, -0.05) is 30.3 Å². The van der Waals surface area contributed by atoms with Gasteiger partial charge in [0.15, 0.2) is 0 Å². The topological polar surface area (TPSA) is 83.3 Å². The van der Waals surface area contributed by atoms with Gasteiger partial charge in [-0.2, -0.15) is 5.10 Å². The number of carbonyl (C=O) groups excluding carboxylic acids is 1. The van der Waals surface area contributed by atoms with Crippen LogP contribution in [0.3, 0.4) is 0 Å². The number of nitrogens with one attached hydrogen (secondary N) is 1. The lowest BCUT2D eigenvalue weighted by Gasteiger charge is -2.34. The number of aliphatic hydroxyl groups excluding tert-OH is 1. The highest BCUT2D eigenvalue weighted by Gasteiger charge is 2.28. The molecule has 2 amide bonds. The van der Waals surface area contributed by atoms with Crippen LogP contribution in [-0.4, -0.2) is 50.4 Å². The first kappa shape index (κ1) is 17.4. The Balaban J connectivity index is 1.37. The molecule has 1 aliphatic heterocycles. The van der Waals surface area contributed by atoms with Crippen molar-refractivity contribution in [3.63, 3.8) is 0 Å². The molecule has 0 spiro atoms. The van der Waals surface area contributed by atoms with Crippen molar-refractivity contribution in [3.8, 4) is 0 Å². The number of amides is 2. The number of piperidine rings is 1. The second-order valence-electron chi connectivity index (χ2n) is 6.42. The minimum Gasteiger partial charge on any atom is -0.388 e. The molecule has 0 saturated carbocycles. The number of aromatic nitrogens is 3. The number of aryl methyl sites for hydroxylation is 1. The molecule has 7 nitrogen and oxygen atoms in total. The van der Waals surface area contributed by atoms with E-state index in [-0.39, 0.29) is 11.9 Å². The second kappa shape index (κ2) is 8.62. The molecule has 7 heteroatoms. The van der Waals surface area contributed by atoms with E-state index in [9.17, 15) is 9.90 Å². The Morgan fingerprint density at radius 3 is 2.72 bits per heavy atom. The predicted octanol–water partition coefficient (Wildman–Crippen LogP) is 1.82. The minimum absolute atomic E-state index is 0.0220. The third-order valence-corrected chi connectivity index (χ3v) is 4.72.